The van der Waals surface area contributed by atoms with Crippen LogP contribution in [0.25, 0.3) is 106 Å². The van der Waals surface area contributed by atoms with E-state index in [1.165, 1.54) is 149 Å². The number of hydrogen-bond acceptors (Lipinski definition) is 4. The number of hydrogen-bond donors (Lipinski definition) is 0. The predicted molar refractivity (Wildman–Crippen MR) is 537 cm³/mol. The second-order valence-corrected chi connectivity index (χ2v) is 29.5. The van der Waals surface area contributed by atoms with Gasteiger partial charge in [-0.3, -0.25) is 0 Å². The SMILES string of the molecule is CC.CC.CC.CC.CC.CC1CCCCC1.Cc1ccccc1.Cc1ccccc1.Cc1ccccc1.Cc1ccccc1.Cc1ccccc1.Cc1ccccc1.c1ccc2c(c1)ccc1oc3ccccc3c12.c1ccc2c(c1)ccc1sc3ccccc3c12.c1ccc2c(c1)oc1ccccc12.c1ccc2c(c1)sc1ccccc12. The number of thiophene rings is 2. The van der Waals surface area contributed by atoms with Crippen LogP contribution >= 0.6 is 22.7 Å². The molecule has 0 aliphatic heterocycles. The van der Waals surface area contributed by atoms with E-state index in [4.69, 9.17) is 8.83 Å². The van der Waals surface area contributed by atoms with Gasteiger partial charge in [-0.2, -0.15) is 0 Å². The van der Waals surface area contributed by atoms with Crippen molar-refractivity contribution in [3.63, 3.8) is 0 Å². The van der Waals surface area contributed by atoms with E-state index in [9.17, 15) is 0 Å². The predicted octanol–water partition coefficient (Wildman–Crippen LogP) is 37.3. The molecule has 0 unspecified atom stereocenters. The topological polar surface area (TPSA) is 26.3 Å². The molecule has 4 aromatic heterocycles. The summed E-state index contributed by atoms with van der Waals surface area (Å²) in [4.78, 5) is 0. The molecular weight excluding hydrogens is 1480 g/mol. The highest BCUT2D eigenvalue weighted by Crippen LogP contribution is 2.39. The smallest absolute Gasteiger partial charge is 0.136 e. The van der Waals surface area contributed by atoms with E-state index >= 15 is 0 Å². The van der Waals surface area contributed by atoms with Gasteiger partial charge in [-0.05, 0) is 118 Å². The van der Waals surface area contributed by atoms with Crippen molar-refractivity contribution in [1.29, 1.82) is 0 Å². The van der Waals surface area contributed by atoms with Gasteiger partial charge in [-0.15, -0.1) is 22.7 Å². The molecule has 4 heteroatoms. The summed E-state index contributed by atoms with van der Waals surface area (Å²) in [6.45, 7) is 34.9. The lowest BCUT2D eigenvalue weighted by atomic mass is 9.91. The van der Waals surface area contributed by atoms with Gasteiger partial charge in [0.1, 0.15) is 22.3 Å². The summed E-state index contributed by atoms with van der Waals surface area (Å²) in [6.07, 6.45) is 7.44. The number of para-hydroxylation sites is 3. The molecule has 21 rings (SSSR count). The standard InChI is InChI=1S/C16H10O.C16H10S.C12H8O.C12H8S.C7H14.6C7H8.5C2H6/c2*1-2-6-12-11(5-1)9-10-15-16(12)13-7-3-4-8-14(13)17-15;2*1-3-7-11-9(5-1)10-6-2-4-8-12(10)13-11;7*1-7-5-3-2-4-6-7;5*1-2/h2*1-10H;2*1-8H;7H,2-6H2,1H3;6*2-6H,1H3;5*1-2H3. The van der Waals surface area contributed by atoms with E-state index in [0.717, 1.165) is 28.2 Å². The Balaban J connectivity index is 0.000000205. The molecule has 1 aliphatic rings. The van der Waals surface area contributed by atoms with Crippen molar-refractivity contribution in [2.45, 2.75) is 150 Å². The molecule has 0 saturated heterocycles. The summed E-state index contributed by atoms with van der Waals surface area (Å²) < 4.78 is 17.0. The van der Waals surface area contributed by atoms with Crippen molar-refractivity contribution in [3.05, 3.63) is 434 Å². The Bertz CT molecular complexity index is 5320. The second-order valence-electron chi connectivity index (χ2n) is 27.4. The molecule has 0 radical (unpaired) electrons. The first-order valence-electron chi connectivity index (χ1n) is 42.9. The number of aryl methyl sites for hydroxylation is 6. The van der Waals surface area contributed by atoms with Crippen LogP contribution in [0.15, 0.2) is 409 Å². The van der Waals surface area contributed by atoms with E-state index < -0.39 is 0 Å². The lowest BCUT2D eigenvalue weighted by molar-refractivity contribution is 0.385. The molecule has 119 heavy (non-hydrogen) atoms. The van der Waals surface area contributed by atoms with Gasteiger partial charge in [0.25, 0.3) is 0 Å². The van der Waals surface area contributed by atoms with Crippen LogP contribution in [0.1, 0.15) is 142 Å². The molecule has 2 nitrogen and oxygen atoms in total. The minimum Gasteiger partial charge on any atom is -0.456 e. The zero-order valence-electron chi connectivity index (χ0n) is 73.9. The van der Waals surface area contributed by atoms with Gasteiger partial charge in [0.05, 0.1) is 0 Å². The number of benzene rings is 16. The molecule has 0 atom stereocenters. The Morgan fingerprint density at radius 1 is 0.193 bits per heavy atom. The first-order chi connectivity index (χ1) is 58.5. The molecule has 16 aromatic carbocycles. The van der Waals surface area contributed by atoms with E-state index in [2.05, 4.69) is 291 Å². The molecule has 0 N–H and O–H groups in total. The molecular formula is C115H128O2S2. The minimum absolute atomic E-state index is 0.957. The van der Waals surface area contributed by atoms with E-state index in [-0.39, 0.29) is 0 Å². The highest BCUT2D eigenvalue weighted by atomic mass is 32.1. The van der Waals surface area contributed by atoms with Gasteiger partial charge < -0.3 is 8.83 Å². The highest BCUT2D eigenvalue weighted by molar-refractivity contribution is 7.26. The fourth-order valence-corrected chi connectivity index (χ4v) is 15.1. The van der Waals surface area contributed by atoms with Crippen LogP contribution in [0.5, 0.6) is 0 Å². The average Bonchev–Trinajstić information content (AvgIpc) is 1.55. The molecule has 612 valence electrons. The second kappa shape index (κ2) is 56.4. The van der Waals surface area contributed by atoms with Crippen molar-refractivity contribution in [3.8, 4) is 0 Å². The zero-order chi connectivity index (χ0) is 85.6. The minimum atomic E-state index is 0.957. The molecule has 20 aromatic rings. The summed E-state index contributed by atoms with van der Waals surface area (Å²) in [5, 5.41) is 15.5. The van der Waals surface area contributed by atoms with Crippen LogP contribution in [0.3, 0.4) is 0 Å². The molecule has 1 fully saturated rings. The van der Waals surface area contributed by atoms with Crippen LogP contribution in [-0.4, -0.2) is 0 Å². The van der Waals surface area contributed by atoms with Crippen molar-refractivity contribution in [2.75, 3.05) is 0 Å². The van der Waals surface area contributed by atoms with Gasteiger partial charge in [-0.25, -0.2) is 0 Å². The van der Waals surface area contributed by atoms with Crippen molar-refractivity contribution in [1.82, 2.24) is 0 Å². The Hall–Kier alpha value is -11.9. The molecule has 0 spiro atoms. The third-order valence-electron chi connectivity index (χ3n) is 18.6. The van der Waals surface area contributed by atoms with Crippen LogP contribution < -0.4 is 0 Å². The maximum absolute atomic E-state index is 5.86. The number of fused-ring (bicyclic) bond motifs is 16. The van der Waals surface area contributed by atoms with E-state index in [1.807, 2.05) is 250 Å². The quantitative estimate of drug-likeness (QED) is 0.151. The summed E-state index contributed by atoms with van der Waals surface area (Å²) in [6, 6.07) is 137. The first-order valence-corrected chi connectivity index (χ1v) is 44.6. The van der Waals surface area contributed by atoms with Crippen LogP contribution in [0, 0.1) is 47.5 Å². The normalized spacial score (nSPS) is 10.5. The zero-order valence-corrected chi connectivity index (χ0v) is 75.5. The van der Waals surface area contributed by atoms with Gasteiger partial charge in [-0.1, -0.05) is 493 Å². The van der Waals surface area contributed by atoms with Gasteiger partial charge in [0, 0.05) is 61.9 Å². The maximum atomic E-state index is 5.86. The molecule has 4 heterocycles. The van der Waals surface area contributed by atoms with Crippen LogP contribution in [-0.2, 0) is 0 Å². The summed E-state index contributed by atoms with van der Waals surface area (Å²) in [5.74, 6) is 1.04. The molecule has 0 amide bonds. The van der Waals surface area contributed by atoms with Gasteiger partial charge in [0.2, 0.25) is 0 Å². The fraction of sp³-hybridized carbons (Fsp3) is 0.200. The first kappa shape index (κ1) is 95.9. The number of furan rings is 2. The van der Waals surface area contributed by atoms with Gasteiger partial charge >= 0.3 is 0 Å². The van der Waals surface area contributed by atoms with E-state index in [0.29, 0.717) is 0 Å². The highest BCUT2D eigenvalue weighted by Gasteiger charge is 2.11. The molecule has 1 aliphatic carbocycles. The van der Waals surface area contributed by atoms with Crippen LogP contribution in [0.2, 0.25) is 0 Å². The van der Waals surface area contributed by atoms with E-state index in [1.54, 1.807) is 0 Å². The summed E-state index contributed by atoms with van der Waals surface area (Å²) in [7, 11) is 0. The van der Waals surface area contributed by atoms with Crippen molar-refractivity contribution < 1.29 is 8.83 Å². The summed E-state index contributed by atoms with van der Waals surface area (Å²) >= 11 is 3.74. The van der Waals surface area contributed by atoms with Crippen molar-refractivity contribution >= 4 is 128 Å². The maximum Gasteiger partial charge on any atom is 0.136 e. The lowest BCUT2D eigenvalue weighted by Crippen LogP contribution is -1.99. The lowest BCUT2D eigenvalue weighted by Gasteiger charge is -2.15. The van der Waals surface area contributed by atoms with Gasteiger partial charge in [0.15, 0.2) is 0 Å². The Morgan fingerprint density at radius 2 is 0.437 bits per heavy atom. The summed E-state index contributed by atoms with van der Waals surface area (Å²) in [5.41, 5.74) is 11.8. The van der Waals surface area contributed by atoms with Crippen molar-refractivity contribution in [2.24, 2.45) is 5.92 Å². The number of rotatable bonds is 0. The fourth-order valence-electron chi connectivity index (χ4n) is 12.9. The molecule has 1 saturated carbocycles. The van der Waals surface area contributed by atoms with Crippen LogP contribution in [0.4, 0.5) is 0 Å². The third-order valence-corrected chi connectivity index (χ3v) is 20.9. The Morgan fingerprint density at radius 3 is 0.765 bits per heavy atom. The monoisotopic (exact) mass is 1600 g/mol. The Labute approximate surface area is 721 Å². The Kier molecular flexibility index (Phi) is 45.5. The third kappa shape index (κ3) is 31.8. The largest absolute Gasteiger partial charge is 0.456 e. The average molecular weight is 1610 g/mol. The molecule has 0 bridgehead atoms.